The number of nitrogens with zero attached hydrogens (tertiary/aromatic N) is 5. The summed E-state index contributed by atoms with van der Waals surface area (Å²) in [6.45, 7) is 5.19. The zero-order valence-electron chi connectivity index (χ0n) is 17.9. The fourth-order valence-corrected chi connectivity index (χ4v) is 4.41. The Kier molecular flexibility index (Phi) is 5.98. The first-order valence-corrected chi connectivity index (χ1v) is 11.1. The highest BCUT2D eigenvalue weighted by Crippen LogP contribution is 2.30. The molecule has 0 atom stereocenters. The molecule has 2 saturated heterocycles. The minimum Gasteiger partial charge on any atom is -0.399 e. The Bertz CT molecular complexity index is 1040. The number of aromatic nitrogens is 3. The maximum atomic E-state index is 12.8. The number of nitrogens with one attached hydrogen (secondary N) is 2. The Hall–Kier alpha value is -3.46. The molecule has 0 saturated carbocycles. The molecule has 5 rings (SSSR count). The van der Waals surface area contributed by atoms with Crippen molar-refractivity contribution in [2.24, 2.45) is 0 Å². The first-order chi connectivity index (χ1) is 15.8. The second-order valence-electron chi connectivity index (χ2n) is 8.15. The number of carbonyl (C=O) groups is 1. The van der Waals surface area contributed by atoms with Crippen molar-refractivity contribution in [3.05, 3.63) is 60.2 Å². The fourth-order valence-electron chi connectivity index (χ4n) is 4.41. The molecular weight excluding hydrogens is 406 g/mol. The lowest BCUT2D eigenvalue weighted by atomic mass is 9.90. The quantitative estimate of drug-likeness (QED) is 0.633. The van der Waals surface area contributed by atoms with E-state index in [0.29, 0.717) is 17.6 Å². The lowest BCUT2D eigenvalue weighted by molar-refractivity contribution is 0.0990. The normalized spacial score (nSPS) is 17.4. The molecule has 1 aromatic carbocycles. The summed E-state index contributed by atoms with van der Waals surface area (Å²) in [6.07, 6.45) is 5.41. The number of piperidine rings is 1. The average Bonchev–Trinajstić information content (AvgIpc) is 3.36. The van der Waals surface area contributed by atoms with Gasteiger partial charge in [0.05, 0.1) is 17.6 Å². The molecule has 166 valence electrons. The van der Waals surface area contributed by atoms with E-state index in [1.165, 1.54) is 5.56 Å². The van der Waals surface area contributed by atoms with Crippen LogP contribution in [0.1, 0.15) is 35.0 Å². The number of anilines is 3. The van der Waals surface area contributed by atoms with Gasteiger partial charge in [0.25, 0.3) is 0 Å². The van der Waals surface area contributed by atoms with Crippen molar-refractivity contribution < 1.29 is 9.21 Å². The summed E-state index contributed by atoms with van der Waals surface area (Å²) >= 11 is 0. The number of hydrogen-bond acceptors (Lipinski definition) is 8. The molecule has 0 aliphatic carbocycles. The average molecular weight is 434 g/mol. The molecule has 3 aromatic rings. The first kappa shape index (κ1) is 20.4. The lowest BCUT2D eigenvalue weighted by Crippen LogP contribution is -2.43. The molecule has 4 heterocycles. The molecule has 9 heteroatoms. The van der Waals surface area contributed by atoms with E-state index in [4.69, 9.17) is 4.42 Å². The number of benzene rings is 1. The van der Waals surface area contributed by atoms with E-state index in [2.05, 4.69) is 59.9 Å². The molecule has 0 spiro atoms. The summed E-state index contributed by atoms with van der Waals surface area (Å²) < 4.78 is 5.73. The Morgan fingerprint density at radius 2 is 1.78 bits per heavy atom. The standard InChI is InChI=1S/C23H27N7O2/c31-21(26-19-16-25-9-6-20(19)29-14-10-24-11-15-29)22-27-28-23(32-22)30-12-7-18(8-13-30)17-4-2-1-3-5-17/h1-6,9,16,18,24H,7-8,10-15H2,(H,26,31). The minimum atomic E-state index is -0.424. The number of rotatable bonds is 5. The van der Waals surface area contributed by atoms with E-state index in [-0.39, 0.29) is 5.89 Å². The topological polar surface area (TPSA) is 99.4 Å². The smallest absolute Gasteiger partial charge is 0.318 e. The van der Waals surface area contributed by atoms with Gasteiger partial charge in [-0.25, -0.2) is 0 Å². The van der Waals surface area contributed by atoms with Crippen LogP contribution in [0.15, 0.2) is 53.2 Å². The van der Waals surface area contributed by atoms with Crippen LogP contribution in [0.2, 0.25) is 0 Å². The van der Waals surface area contributed by atoms with E-state index < -0.39 is 5.91 Å². The van der Waals surface area contributed by atoms with Crippen molar-refractivity contribution in [2.45, 2.75) is 18.8 Å². The lowest BCUT2D eigenvalue weighted by Gasteiger charge is -2.31. The minimum absolute atomic E-state index is 0.0414. The summed E-state index contributed by atoms with van der Waals surface area (Å²) in [6, 6.07) is 12.9. The second kappa shape index (κ2) is 9.35. The first-order valence-electron chi connectivity index (χ1n) is 11.1. The third-order valence-electron chi connectivity index (χ3n) is 6.15. The summed E-state index contributed by atoms with van der Waals surface area (Å²) in [5.41, 5.74) is 2.95. The molecule has 9 nitrogen and oxygen atoms in total. The van der Waals surface area contributed by atoms with Gasteiger partial charge in [-0.3, -0.25) is 9.78 Å². The molecule has 0 unspecified atom stereocenters. The van der Waals surface area contributed by atoms with Crippen molar-refractivity contribution in [3.63, 3.8) is 0 Å². The van der Waals surface area contributed by atoms with Gasteiger partial charge in [0.1, 0.15) is 0 Å². The van der Waals surface area contributed by atoms with Crippen LogP contribution in [0.5, 0.6) is 0 Å². The van der Waals surface area contributed by atoms with E-state index >= 15 is 0 Å². The Morgan fingerprint density at radius 1 is 1.00 bits per heavy atom. The highest BCUT2D eigenvalue weighted by Gasteiger charge is 2.26. The van der Waals surface area contributed by atoms with Crippen LogP contribution in [0.3, 0.4) is 0 Å². The van der Waals surface area contributed by atoms with Crippen LogP contribution in [0.4, 0.5) is 17.4 Å². The van der Waals surface area contributed by atoms with Crippen molar-refractivity contribution in [2.75, 3.05) is 54.4 Å². The number of pyridine rings is 1. The van der Waals surface area contributed by atoms with Gasteiger partial charge in [-0.2, -0.15) is 0 Å². The summed E-state index contributed by atoms with van der Waals surface area (Å²) in [7, 11) is 0. The molecule has 2 aliphatic heterocycles. The highest BCUT2D eigenvalue weighted by molar-refractivity contribution is 6.02. The molecule has 2 aromatic heterocycles. The molecule has 2 fully saturated rings. The van der Waals surface area contributed by atoms with Crippen molar-refractivity contribution >= 4 is 23.3 Å². The van der Waals surface area contributed by atoms with Crippen LogP contribution < -0.4 is 20.4 Å². The Morgan fingerprint density at radius 3 is 2.56 bits per heavy atom. The molecule has 2 aliphatic rings. The van der Waals surface area contributed by atoms with Crippen LogP contribution in [0, 0.1) is 0 Å². The van der Waals surface area contributed by atoms with E-state index in [0.717, 1.165) is 57.8 Å². The predicted molar refractivity (Wildman–Crippen MR) is 122 cm³/mol. The molecular formula is C23H27N7O2. The maximum Gasteiger partial charge on any atom is 0.318 e. The summed E-state index contributed by atoms with van der Waals surface area (Å²) in [4.78, 5) is 21.2. The monoisotopic (exact) mass is 433 g/mol. The highest BCUT2D eigenvalue weighted by atomic mass is 16.4. The van der Waals surface area contributed by atoms with Crippen LogP contribution >= 0.6 is 0 Å². The second-order valence-corrected chi connectivity index (χ2v) is 8.15. The summed E-state index contributed by atoms with van der Waals surface area (Å²) in [5, 5.41) is 14.3. The van der Waals surface area contributed by atoms with Crippen molar-refractivity contribution in [1.29, 1.82) is 0 Å². The molecule has 1 amide bonds. The van der Waals surface area contributed by atoms with Crippen LogP contribution in [-0.2, 0) is 0 Å². The Labute approximate surface area is 186 Å². The number of piperazine rings is 1. The summed E-state index contributed by atoms with van der Waals surface area (Å²) in [5.74, 6) is 0.0692. The van der Waals surface area contributed by atoms with Crippen molar-refractivity contribution in [1.82, 2.24) is 20.5 Å². The van der Waals surface area contributed by atoms with Gasteiger partial charge in [0.15, 0.2) is 0 Å². The molecule has 32 heavy (non-hydrogen) atoms. The Balaban J connectivity index is 1.22. The predicted octanol–water partition coefficient (Wildman–Crippen LogP) is 2.51. The van der Waals surface area contributed by atoms with Gasteiger partial charge < -0.3 is 24.9 Å². The van der Waals surface area contributed by atoms with E-state index in [9.17, 15) is 4.79 Å². The maximum absolute atomic E-state index is 12.8. The fraction of sp³-hybridized carbons (Fsp3) is 0.391. The zero-order valence-corrected chi connectivity index (χ0v) is 17.9. The van der Waals surface area contributed by atoms with Gasteiger partial charge in [-0.15, -0.1) is 5.10 Å². The third-order valence-corrected chi connectivity index (χ3v) is 6.15. The zero-order chi connectivity index (χ0) is 21.8. The molecule has 0 radical (unpaired) electrons. The van der Waals surface area contributed by atoms with E-state index in [1.54, 1.807) is 12.4 Å². The van der Waals surface area contributed by atoms with Crippen molar-refractivity contribution in [3.8, 4) is 0 Å². The third kappa shape index (κ3) is 4.43. The number of hydrogen-bond donors (Lipinski definition) is 2. The van der Waals surface area contributed by atoms with Crippen LogP contribution in [0.25, 0.3) is 0 Å². The van der Waals surface area contributed by atoms with Gasteiger partial charge in [0, 0.05) is 45.5 Å². The molecule has 2 N–H and O–H groups in total. The van der Waals surface area contributed by atoms with Gasteiger partial charge in [-0.1, -0.05) is 35.4 Å². The SMILES string of the molecule is O=C(Nc1cnccc1N1CCNCC1)c1nnc(N2CCC(c3ccccc3)CC2)o1. The van der Waals surface area contributed by atoms with Gasteiger partial charge >= 0.3 is 17.8 Å². The number of amides is 1. The van der Waals surface area contributed by atoms with Crippen LogP contribution in [-0.4, -0.2) is 60.4 Å². The molecule has 0 bridgehead atoms. The largest absolute Gasteiger partial charge is 0.399 e. The van der Waals surface area contributed by atoms with Gasteiger partial charge in [0.2, 0.25) is 0 Å². The van der Waals surface area contributed by atoms with E-state index in [1.807, 2.05) is 12.1 Å². The van der Waals surface area contributed by atoms with Gasteiger partial charge in [-0.05, 0) is 30.4 Å². The number of carbonyl (C=O) groups excluding carboxylic acids is 1.